The topological polar surface area (TPSA) is 74.3 Å². The third-order valence-corrected chi connectivity index (χ3v) is 4.18. The van der Waals surface area contributed by atoms with Crippen LogP contribution < -0.4 is 15.5 Å². The fourth-order valence-corrected chi connectivity index (χ4v) is 2.82. The lowest BCUT2D eigenvalue weighted by molar-refractivity contribution is -0.125. The van der Waals surface area contributed by atoms with Crippen LogP contribution in [0.3, 0.4) is 0 Å². The average molecular weight is 324 g/mol. The highest BCUT2D eigenvalue weighted by Crippen LogP contribution is 2.31. The Morgan fingerprint density at radius 1 is 1.25 bits per heavy atom. The summed E-state index contributed by atoms with van der Waals surface area (Å²) in [6, 6.07) is 10.9. The number of nitrogens with zero attached hydrogens (tertiary/aromatic N) is 2. The molecule has 1 aliphatic rings. The summed E-state index contributed by atoms with van der Waals surface area (Å²) in [5, 5.41) is 5.74. The van der Waals surface area contributed by atoms with Gasteiger partial charge in [-0.25, -0.2) is 0 Å². The van der Waals surface area contributed by atoms with Crippen molar-refractivity contribution >= 4 is 23.2 Å². The van der Waals surface area contributed by atoms with Gasteiger partial charge in [0.2, 0.25) is 11.8 Å². The largest absolute Gasteiger partial charge is 0.361 e. The molecule has 2 aromatic rings. The lowest BCUT2D eigenvalue weighted by Crippen LogP contribution is -2.48. The maximum atomic E-state index is 12.3. The lowest BCUT2D eigenvalue weighted by Gasteiger charge is -2.34. The van der Waals surface area contributed by atoms with E-state index in [0.717, 1.165) is 23.4 Å². The molecular weight excluding hydrogens is 304 g/mol. The molecule has 0 saturated carbocycles. The van der Waals surface area contributed by atoms with E-state index in [0.29, 0.717) is 6.54 Å². The lowest BCUT2D eigenvalue weighted by atomic mass is 10.1. The number of para-hydroxylation sites is 2. The average Bonchev–Trinajstić information content (AvgIpc) is 2.59. The van der Waals surface area contributed by atoms with E-state index in [9.17, 15) is 9.59 Å². The predicted octanol–water partition coefficient (Wildman–Crippen LogP) is 1.59. The van der Waals surface area contributed by atoms with Crippen molar-refractivity contribution in [3.05, 3.63) is 54.4 Å². The Kier molecular flexibility index (Phi) is 4.74. The molecule has 0 bridgehead atoms. The van der Waals surface area contributed by atoms with E-state index in [-0.39, 0.29) is 18.2 Å². The van der Waals surface area contributed by atoms with Gasteiger partial charge in [-0.1, -0.05) is 12.1 Å². The van der Waals surface area contributed by atoms with Gasteiger partial charge in [-0.15, -0.1) is 0 Å². The summed E-state index contributed by atoms with van der Waals surface area (Å²) in [6.45, 7) is 0.539. The minimum absolute atomic E-state index is 0.129. The number of aromatic nitrogens is 1. The zero-order valence-corrected chi connectivity index (χ0v) is 13.5. The van der Waals surface area contributed by atoms with Crippen LogP contribution in [0.4, 0.5) is 11.4 Å². The SMILES string of the molecule is CN1c2ccccc2NC(=O)C1CC(=O)NCCc1ccncc1. The first-order valence-corrected chi connectivity index (χ1v) is 7.93. The summed E-state index contributed by atoms with van der Waals surface area (Å²) in [5.74, 6) is -0.282. The van der Waals surface area contributed by atoms with Crippen LogP contribution in [0.5, 0.6) is 0 Å². The molecule has 6 nitrogen and oxygen atoms in total. The van der Waals surface area contributed by atoms with Gasteiger partial charge in [-0.3, -0.25) is 14.6 Å². The van der Waals surface area contributed by atoms with E-state index < -0.39 is 6.04 Å². The molecule has 0 spiro atoms. The van der Waals surface area contributed by atoms with Gasteiger partial charge in [0.25, 0.3) is 0 Å². The van der Waals surface area contributed by atoms with Crippen LogP contribution >= 0.6 is 0 Å². The maximum Gasteiger partial charge on any atom is 0.247 e. The first-order valence-electron chi connectivity index (χ1n) is 7.93. The van der Waals surface area contributed by atoms with Crippen molar-refractivity contribution in [2.45, 2.75) is 18.9 Å². The molecule has 2 heterocycles. The number of hydrogen-bond donors (Lipinski definition) is 2. The minimum Gasteiger partial charge on any atom is -0.361 e. The molecule has 2 amide bonds. The Hall–Kier alpha value is -2.89. The Labute approximate surface area is 140 Å². The number of hydrogen-bond acceptors (Lipinski definition) is 4. The Morgan fingerprint density at radius 3 is 2.79 bits per heavy atom. The highest BCUT2D eigenvalue weighted by atomic mass is 16.2. The van der Waals surface area contributed by atoms with Crippen LogP contribution in [0.15, 0.2) is 48.8 Å². The molecule has 1 aromatic heterocycles. The second kappa shape index (κ2) is 7.12. The van der Waals surface area contributed by atoms with Crippen molar-refractivity contribution < 1.29 is 9.59 Å². The van der Waals surface area contributed by atoms with Crippen LogP contribution in [0.25, 0.3) is 0 Å². The molecule has 24 heavy (non-hydrogen) atoms. The second-order valence-corrected chi connectivity index (χ2v) is 5.79. The number of benzene rings is 1. The number of likely N-dealkylation sites (N-methyl/N-ethyl adjacent to an activating group) is 1. The molecule has 1 unspecified atom stereocenters. The highest BCUT2D eigenvalue weighted by molar-refractivity contribution is 6.05. The zero-order chi connectivity index (χ0) is 16.9. The van der Waals surface area contributed by atoms with Gasteiger partial charge in [-0.05, 0) is 36.2 Å². The number of fused-ring (bicyclic) bond motifs is 1. The Balaban J connectivity index is 1.55. The summed E-state index contributed by atoms with van der Waals surface area (Å²) in [5.41, 5.74) is 2.82. The van der Waals surface area contributed by atoms with Crippen LogP contribution in [0.1, 0.15) is 12.0 Å². The summed E-state index contributed by atoms with van der Waals surface area (Å²) >= 11 is 0. The molecule has 0 fully saturated rings. The van der Waals surface area contributed by atoms with E-state index in [4.69, 9.17) is 0 Å². The maximum absolute atomic E-state index is 12.3. The molecule has 1 aromatic carbocycles. The molecule has 2 N–H and O–H groups in total. The number of amides is 2. The standard InChI is InChI=1S/C18H20N4O2/c1-22-15-5-3-2-4-14(15)21-18(24)16(22)12-17(23)20-11-8-13-6-9-19-10-7-13/h2-7,9-10,16H,8,11-12H2,1H3,(H,20,23)(H,21,24). The van der Waals surface area contributed by atoms with Crippen molar-refractivity contribution in [3.8, 4) is 0 Å². The molecule has 0 aliphatic carbocycles. The summed E-state index contributed by atoms with van der Waals surface area (Å²) in [7, 11) is 1.84. The second-order valence-electron chi connectivity index (χ2n) is 5.79. The van der Waals surface area contributed by atoms with E-state index in [1.54, 1.807) is 12.4 Å². The molecule has 0 radical (unpaired) electrons. The predicted molar refractivity (Wildman–Crippen MR) is 92.8 cm³/mol. The number of pyridine rings is 1. The molecule has 1 aliphatic heterocycles. The fourth-order valence-electron chi connectivity index (χ4n) is 2.82. The summed E-state index contributed by atoms with van der Waals surface area (Å²) in [4.78, 5) is 30.3. The van der Waals surface area contributed by atoms with E-state index in [1.807, 2.05) is 48.3 Å². The van der Waals surface area contributed by atoms with Crippen LogP contribution in [0, 0.1) is 0 Å². The zero-order valence-electron chi connectivity index (χ0n) is 13.5. The number of anilines is 2. The highest BCUT2D eigenvalue weighted by Gasteiger charge is 2.31. The van der Waals surface area contributed by atoms with Crippen molar-refractivity contribution in [3.63, 3.8) is 0 Å². The summed E-state index contributed by atoms with van der Waals surface area (Å²) < 4.78 is 0. The van der Waals surface area contributed by atoms with E-state index >= 15 is 0 Å². The van der Waals surface area contributed by atoms with Crippen molar-refractivity contribution in [1.29, 1.82) is 0 Å². The van der Waals surface area contributed by atoms with Crippen LogP contribution in [-0.2, 0) is 16.0 Å². The number of carbonyl (C=O) groups is 2. The van der Waals surface area contributed by atoms with Gasteiger partial charge < -0.3 is 15.5 Å². The van der Waals surface area contributed by atoms with Crippen molar-refractivity contribution in [1.82, 2.24) is 10.3 Å². The third kappa shape index (κ3) is 3.53. The summed E-state index contributed by atoms with van der Waals surface area (Å²) in [6.07, 6.45) is 4.34. The molecule has 0 saturated heterocycles. The van der Waals surface area contributed by atoms with Crippen molar-refractivity contribution in [2.24, 2.45) is 0 Å². The number of nitrogens with one attached hydrogen (secondary N) is 2. The van der Waals surface area contributed by atoms with E-state index in [1.165, 1.54) is 0 Å². The Bertz CT molecular complexity index is 733. The van der Waals surface area contributed by atoms with Crippen molar-refractivity contribution in [2.75, 3.05) is 23.8 Å². The van der Waals surface area contributed by atoms with Gasteiger partial charge in [0.15, 0.2) is 0 Å². The smallest absolute Gasteiger partial charge is 0.247 e. The van der Waals surface area contributed by atoms with Gasteiger partial charge in [-0.2, -0.15) is 0 Å². The van der Waals surface area contributed by atoms with Crippen LogP contribution in [-0.4, -0.2) is 36.4 Å². The normalized spacial score (nSPS) is 16.3. The van der Waals surface area contributed by atoms with Gasteiger partial charge in [0.05, 0.1) is 17.8 Å². The first kappa shape index (κ1) is 16.0. The molecule has 124 valence electrons. The molecule has 1 atom stereocenters. The Morgan fingerprint density at radius 2 is 2.00 bits per heavy atom. The number of rotatable bonds is 5. The van der Waals surface area contributed by atoms with Gasteiger partial charge in [0, 0.05) is 26.0 Å². The van der Waals surface area contributed by atoms with Crippen LogP contribution in [0.2, 0.25) is 0 Å². The van der Waals surface area contributed by atoms with E-state index in [2.05, 4.69) is 15.6 Å². The van der Waals surface area contributed by atoms with Gasteiger partial charge in [0.1, 0.15) is 6.04 Å². The first-order chi connectivity index (χ1) is 11.6. The molecular formula is C18H20N4O2. The fraction of sp³-hybridized carbons (Fsp3) is 0.278. The molecule has 6 heteroatoms. The molecule has 3 rings (SSSR count). The number of carbonyl (C=O) groups excluding carboxylic acids is 2. The quantitative estimate of drug-likeness (QED) is 0.876. The monoisotopic (exact) mass is 324 g/mol. The third-order valence-electron chi connectivity index (χ3n) is 4.18. The minimum atomic E-state index is -0.499. The van der Waals surface area contributed by atoms with Gasteiger partial charge >= 0.3 is 0 Å².